The Morgan fingerprint density at radius 2 is 2.00 bits per heavy atom. The van der Waals surface area contributed by atoms with Crippen LogP contribution in [0.25, 0.3) is 0 Å². The van der Waals surface area contributed by atoms with E-state index in [1.165, 1.54) is 24.9 Å². The van der Waals surface area contributed by atoms with Gasteiger partial charge in [0.05, 0.1) is 0 Å². The van der Waals surface area contributed by atoms with Crippen LogP contribution in [0.2, 0.25) is 0 Å². The smallest absolute Gasteiger partial charge is 0.0383 e. The van der Waals surface area contributed by atoms with Gasteiger partial charge in [0.25, 0.3) is 0 Å². The SMILES string of the molecule is CC(CNC1CCC1)N(C)c1ccccc1. The molecule has 0 aliphatic heterocycles. The first-order chi connectivity index (χ1) is 7.77. The molecule has 1 aromatic rings. The van der Waals surface area contributed by atoms with Crippen LogP contribution in [-0.2, 0) is 0 Å². The van der Waals surface area contributed by atoms with Crippen LogP contribution < -0.4 is 10.2 Å². The summed E-state index contributed by atoms with van der Waals surface area (Å²) in [7, 11) is 2.17. The lowest BCUT2D eigenvalue weighted by Gasteiger charge is -2.32. The van der Waals surface area contributed by atoms with E-state index in [1.807, 2.05) is 0 Å². The van der Waals surface area contributed by atoms with Crippen LogP contribution >= 0.6 is 0 Å². The number of hydrogen-bond donors (Lipinski definition) is 1. The Bertz CT molecular complexity index is 306. The van der Waals surface area contributed by atoms with Gasteiger partial charge in [-0.3, -0.25) is 0 Å². The molecule has 0 spiro atoms. The van der Waals surface area contributed by atoms with Gasteiger partial charge in [-0.15, -0.1) is 0 Å². The minimum atomic E-state index is 0.544. The number of nitrogens with zero attached hydrogens (tertiary/aromatic N) is 1. The molecule has 1 atom stereocenters. The first-order valence-electron chi connectivity index (χ1n) is 6.28. The monoisotopic (exact) mass is 218 g/mol. The fraction of sp³-hybridized carbons (Fsp3) is 0.571. The molecule has 1 N–H and O–H groups in total. The summed E-state index contributed by atoms with van der Waals surface area (Å²) in [6, 6.07) is 11.9. The number of rotatable bonds is 5. The van der Waals surface area contributed by atoms with Crippen molar-refractivity contribution in [3.05, 3.63) is 30.3 Å². The Morgan fingerprint density at radius 3 is 2.56 bits per heavy atom. The first kappa shape index (κ1) is 11.5. The van der Waals surface area contributed by atoms with Crippen molar-refractivity contribution in [2.45, 2.75) is 38.3 Å². The molecule has 2 heteroatoms. The summed E-state index contributed by atoms with van der Waals surface area (Å²) < 4.78 is 0. The van der Waals surface area contributed by atoms with Gasteiger partial charge in [0, 0.05) is 31.4 Å². The van der Waals surface area contributed by atoms with Gasteiger partial charge in [-0.2, -0.15) is 0 Å². The van der Waals surface area contributed by atoms with Crippen molar-refractivity contribution in [1.29, 1.82) is 0 Å². The predicted octanol–water partition coefficient (Wildman–Crippen LogP) is 2.65. The molecule has 0 saturated heterocycles. The molecular formula is C14H22N2. The molecule has 88 valence electrons. The summed E-state index contributed by atoms with van der Waals surface area (Å²) in [6.45, 7) is 3.36. The predicted molar refractivity (Wildman–Crippen MR) is 69.9 cm³/mol. The summed E-state index contributed by atoms with van der Waals surface area (Å²) in [6.07, 6.45) is 4.13. The Morgan fingerprint density at radius 1 is 1.31 bits per heavy atom. The topological polar surface area (TPSA) is 15.3 Å². The Kier molecular flexibility index (Phi) is 3.83. The highest BCUT2D eigenvalue weighted by atomic mass is 15.2. The van der Waals surface area contributed by atoms with Crippen LogP contribution in [0.3, 0.4) is 0 Å². The molecule has 1 aliphatic carbocycles. The van der Waals surface area contributed by atoms with E-state index >= 15 is 0 Å². The lowest BCUT2D eigenvalue weighted by molar-refractivity contribution is 0.333. The average Bonchev–Trinajstić information content (AvgIpc) is 2.27. The van der Waals surface area contributed by atoms with Crippen molar-refractivity contribution in [2.24, 2.45) is 0 Å². The number of benzene rings is 1. The van der Waals surface area contributed by atoms with Gasteiger partial charge in [0.1, 0.15) is 0 Å². The molecule has 0 bridgehead atoms. The lowest BCUT2D eigenvalue weighted by atomic mass is 9.93. The van der Waals surface area contributed by atoms with E-state index in [2.05, 4.69) is 54.5 Å². The summed E-state index contributed by atoms with van der Waals surface area (Å²) in [5.74, 6) is 0. The van der Waals surface area contributed by atoms with Crippen LogP contribution in [0, 0.1) is 0 Å². The summed E-state index contributed by atoms with van der Waals surface area (Å²) in [5, 5.41) is 3.63. The Labute approximate surface area is 98.7 Å². The maximum absolute atomic E-state index is 3.63. The third-order valence-corrected chi connectivity index (χ3v) is 3.63. The molecule has 0 radical (unpaired) electrons. The molecule has 2 nitrogen and oxygen atoms in total. The van der Waals surface area contributed by atoms with Crippen molar-refractivity contribution >= 4 is 5.69 Å². The molecule has 1 saturated carbocycles. The van der Waals surface area contributed by atoms with E-state index in [9.17, 15) is 0 Å². The van der Waals surface area contributed by atoms with E-state index in [4.69, 9.17) is 0 Å². The van der Waals surface area contributed by atoms with Crippen LogP contribution in [0.15, 0.2) is 30.3 Å². The zero-order valence-electron chi connectivity index (χ0n) is 10.3. The van der Waals surface area contributed by atoms with E-state index in [0.29, 0.717) is 6.04 Å². The number of hydrogen-bond acceptors (Lipinski definition) is 2. The van der Waals surface area contributed by atoms with Crippen molar-refractivity contribution in [3.63, 3.8) is 0 Å². The van der Waals surface area contributed by atoms with Crippen molar-refractivity contribution in [2.75, 3.05) is 18.5 Å². The normalized spacial score (nSPS) is 17.9. The molecule has 1 aliphatic rings. The van der Waals surface area contributed by atoms with E-state index in [0.717, 1.165) is 12.6 Å². The molecule has 0 amide bonds. The second-order valence-corrected chi connectivity index (χ2v) is 4.83. The highest BCUT2D eigenvalue weighted by Crippen LogP contribution is 2.19. The second-order valence-electron chi connectivity index (χ2n) is 4.83. The van der Waals surface area contributed by atoms with Crippen LogP contribution in [0.5, 0.6) is 0 Å². The minimum Gasteiger partial charge on any atom is -0.371 e. The van der Waals surface area contributed by atoms with Crippen LogP contribution in [-0.4, -0.2) is 25.7 Å². The summed E-state index contributed by atoms with van der Waals surface area (Å²) >= 11 is 0. The largest absolute Gasteiger partial charge is 0.371 e. The minimum absolute atomic E-state index is 0.544. The van der Waals surface area contributed by atoms with Crippen LogP contribution in [0.4, 0.5) is 5.69 Å². The van der Waals surface area contributed by atoms with Gasteiger partial charge >= 0.3 is 0 Å². The van der Waals surface area contributed by atoms with Crippen molar-refractivity contribution < 1.29 is 0 Å². The summed E-state index contributed by atoms with van der Waals surface area (Å²) in [4.78, 5) is 2.34. The zero-order chi connectivity index (χ0) is 11.4. The zero-order valence-corrected chi connectivity index (χ0v) is 10.3. The molecule has 1 aromatic carbocycles. The Balaban J connectivity index is 1.81. The maximum Gasteiger partial charge on any atom is 0.0383 e. The molecule has 2 rings (SSSR count). The molecular weight excluding hydrogens is 196 g/mol. The third kappa shape index (κ3) is 2.76. The quantitative estimate of drug-likeness (QED) is 0.817. The van der Waals surface area contributed by atoms with Gasteiger partial charge in [-0.1, -0.05) is 24.6 Å². The van der Waals surface area contributed by atoms with Gasteiger partial charge in [-0.25, -0.2) is 0 Å². The molecule has 0 aromatic heterocycles. The molecule has 16 heavy (non-hydrogen) atoms. The third-order valence-electron chi connectivity index (χ3n) is 3.63. The average molecular weight is 218 g/mol. The molecule has 1 fully saturated rings. The number of para-hydroxylation sites is 1. The van der Waals surface area contributed by atoms with Gasteiger partial charge < -0.3 is 10.2 Å². The van der Waals surface area contributed by atoms with Crippen molar-refractivity contribution in [1.82, 2.24) is 5.32 Å². The van der Waals surface area contributed by atoms with Gasteiger partial charge in [0.2, 0.25) is 0 Å². The van der Waals surface area contributed by atoms with Crippen LogP contribution in [0.1, 0.15) is 26.2 Å². The highest BCUT2D eigenvalue weighted by Gasteiger charge is 2.18. The van der Waals surface area contributed by atoms with E-state index in [1.54, 1.807) is 0 Å². The van der Waals surface area contributed by atoms with Crippen molar-refractivity contribution in [3.8, 4) is 0 Å². The van der Waals surface area contributed by atoms with Gasteiger partial charge in [0.15, 0.2) is 0 Å². The number of likely N-dealkylation sites (N-methyl/N-ethyl adjacent to an activating group) is 1. The van der Waals surface area contributed by atoms with Gasteiger partial charge in [-0.05, 0) is 31.9 Å². The molecule has 1 unspecified atom stereocenters. The number of anilines is 1. The lowest BCUT2D eigenvalue weighted by Crippen LogP contribution is -2.44. The molecule has 0 heterocycles. The number of nitrogens with one attached hydrogen (secondary N) is 1. The fourth-order valence-electron chi connectivity index (χ4n) is 2.00. The van der Waals surface area contributed by atoms with E-state index in [-0.39, 0.29) is 0 Å². The standard InChI is InChI=1S/C14H22N2/c1-12(11-15-13-7-6-8-13)16(2)14-9-4-3-5-10-14/h3-5,9-10,12-13,15H,6-8,11H2,1-2H3. The second kappa shape index (κ2) is 5.35. The first-order valence-corrected chi connectivity index (χ1v) is 6.28. The Hall–Kier alpha value is -1.02. The highest BCUT2D eigenvalue weighted by molar-refractivity contribution is 5.45. The maximum atomic E-state index is 3.63. The summed E-state index contributed by atoms with van der Waals surface area (Å²) in [5.41, 5.74) is 1.30. The fourth-order valence-corrected chi connectivity index (χ4v) is 2.00. The van der Waals surface area contributed by atoms with E-state index < -0.39 is 0 Å².